The van der Waals surface area contributed by atoms with E-state index >= 15 is 0 Å². The molecule has 0 radical (unpaired) electrons. The van der Waals surface area contributed by atoms with Gasteiger partial charge in [0.05, 0.1) is 28.7 Å². The van der Waals surface area contributed by atoms with Crippen molar-refractivity contribution in [2.24, 2.45) is 0 Å². The molecule has 2 heterocycles. The Hall–Kier alpha value is -3.73. The predicted octanol–water partition coefficient (Wildman–Crippen LogP) is 5.24. The summed E-state index contributed by atoms with van der Waals surface area (Å²) in [5.74, 6) is -0.227. The predicted molar refractivity (Wildman–Crippen MR) is 113 cm³/mol. The number of nitrogens with one attached hydrogen (secondary N) is 2. The van der Waals surface area contributed by atoms with Crippen LogP contribution in [0.25, 0.3) is 10.9 Å². The van der Waals surface area contributed by atoms with Gasteiger partial charge in [0, 0.05) is 23.5 Å². The molecule has 5 nitrogen and oxygen atoms in total. The standard InChI is InChI=1S/C23H20N4O/c1-15-8-9-16(2)21(11-15)26-19-12-18(13-24-14-19)23(28)27-20-7-3-5-17-6-4-10-25-22(17)20/h3-14,26H,1-2H3,(H,27,28). The largest absolute Gasteiger partial charge is 0.354 e. The summed E-state index contributed by atoms with van der Waals surface area (Å²) in [5.41, 5.74) is 5.96. The molecule has 0 saturated carbocycles. The van der Waals surface area contributed by atoms with Crippen LogP contribution in [0.5, 0.6) is 0 Å². The van der Waals surface area contributed by atoms with E-state index in [1.54, 1.807) is 24.7 Å². The summed E-state index contributed by atoms with van der Waals surface area (Å²) in [4.78, 5) is 21.4. The number of pyridine rings is 2. The van der Waals surface area contributed by atoms with Crippen LogP contribution in [0.2, 0.25) is 0 Å². The van der Waals surface area contributed by atoms with E-state index in [-0.39, 0.29) is 5.91 Å². The number of aromatic nitrogens is 2. The van der Waals surface area contributed by atoms with Crippen LogP contribution in [0.3, 0.4) is 0 Å². The average Bonchev–Trinajstić information content (AvgIpc) is 2.71. The lowest BCUT2D eigenvalue weighted by atomic mass is 10.1. The number of rotatable bonds is 4. The molecule has 2 aromatic carbocycles. The molecule has 0 aliphatic carbocycles. The monoisotopic (exact) mass is 368 g/mol. The van der Waals surface area contributed by atoms with Gasteiger partial charge in [-0.05, 0) is 49.2 Å². The third-order valence-electron chi connectivity index (χ3n) is 4.55. The Morgan fingerprint density at radius 1 is 0.929 bits per heavy atom. The SMILES string of the molecule is Cc1ccc(C)c(Nc2cncc(C(=O)Nc3cccc4cccnc34)c2)c1. The molecule has 0 unspecified atom stereocenters. The van der Waals surface area contributed by atoms with Gasteiger partial charge in [0.2, 0.25) is 0 Å². The molecule has 2 aromatic heterocycles. The van der Waals surface area contributed by atoms with Crippen molar-refractivity contribution in [2.75, 3.05) is 10.6 Å². The number of benzene rings is 2. The van der Waals surface area contributed by atoms with E-state index in [2.05, 4.69) is 38.8 Å². The van der Waals surface area contributed by atoms with Gasteiger partial charge in [-0.25, -0.2) is 0 Å². The normalized spacial score (nSPS) is 10.6. The van der Waals surface area contributed by atoms with Crippen molar-refractivity contribution in [3.63, 3.8) is 0 Å². The highest BCUT2D eigenvalue weighted by Crippen LogP contribution is 2.24. The van der Waals surface area contributed by atoms with Crippen LogP contribution in [-0.4, -0.2) is 15.9 Å². The fourth-order valence-electron chi connectivity index (χ4n) is 3.06. The number of fused-ring (bicyclic) bond motifs is 1. The molecule has 0 bridgehead atoms. The third-order valence-corrected chi connectivity index (χ3v) is 4.55. The summed E-state index contributed by atoms with van der Waals surface area (Å²) in [6.45, 7) is 4.09. The van der Waals surface area contributed by atoms with Crippen molar-refractivity contribution in [3.05, 3.63) is 89.9 Å². The highest BCUT2D eigenvalue weighted by atomic mass is 16.1. The van der Waals surface area contributed by atoms with E-state index < -0.39 is 0 Å². The number of para-hydroxylation sites is 1. The molecule has 1 amide bonds. The molecule has 28 heavy (non-hydrogen) atoms. The van der Waals surface area contributed by atoms with E-state index in [1.807, 2.05) is 44.2 Å². The first-order valence-electron chi connectivity index (χ1n) is 9.04. The summed E-state index contributed by atoms with van der Waals surface area (Å²) < 4.78 is 0. The molecule has 0 atom stereocenters. The Morgan fingerprint density at radius 3 is 2.68 bits per heavy atom. The van der Waals surface area contributed by atoms with Crippen molar-refractivity contribution in [1.29, 1.82) is 0 Å². The molecule has 0 aliphatic heterocycles. The Balaban J connectivity index is 1.58. The number of hydrogen-bond acceptors (Lipinski definition) is 4. The van der Waals surface area contributed by atoms with Gasteiger partial charge >= 0.3 is 0 Å². The second-order valence-electron chi connectivity index (χ2n) is 6.74. The van der Waals surface area contributed by atoms with Crippen molar-refractivity contribution in [1.82, 2.24) is 9.97 Å². The van der Waals surface area contributed by atoms with Crippen molar-refractivity contribution < 1.29 is 4.79 Å². The maximum Gasteiger partial charge on any atom is 0.257 e. The first-order chi connectivity index (χ1) is 13.6. The molecule has 2 N–H and O–H groups in total. The van der Waals surface area contributed by atoms with Gasteiger partial charge in [-0.1, -0.05) is 30.3 Å². The molecule has 0 fully saturated rings. The van der Waals surface area contributed by atoms with E-state index in [0.717, 1.165) is 27.8 Å². The van der Waals surface area contributed by atoms with Gasteiger partial charge < -0.3 is 10.6 Å². The molecular formula is C23H20N4O. The quantitative estimate of drug-likeness (QED) is 0.517. The molecule has 0 saturated heterocycles. The maximum atomic E-state index is 12.8. The summed E-state index contributed by atoms with van der Waals surface area (Å²) >= 11 is 0. The topological polar surface area (TPSA) is 66.9 Å². The summed E-state index contributed by atoms with van der Waals surface area (Å²) in [6, 6.07) is 17.6. The van der Waals surface area contributed by atoms with E-state index in [4.69, 9.17) is 0 Å². The van der Waals surface area contributed by atoms with Crippen LogP contribution in [0.4, 0.5) is 17.1 Å². The minimum absolute atomic E-state index is 0.227. The van der Waals surface area contributed by atoms with Crippen molar-refractivity contribution >= 4 is 33.9 Å². The van der Waals surface area contributed by atoms with E-state index in [9.17, 15) is 4.79 Å². The van der Waals surface area contributed by atoms with Gasteiger partial charge in [-0.2, -0.15) is 0 Å². The van der Waals surface area contributed by atoms with Gasteiger partial charge in [-0.3, -0.25) is 14.8 Å². The number of aryl methyl sites for hydroxylation is 2. The first kappa shape index (κ1) is 17.7. The average molecular weight is 368 g/mol. The Morgan fingerprint density at radius 2 is 1.79 bits per heavy atom. The lowest BCUT2D eigenvalue weighted by Gasteiger charge is -2.12. The summed E-state index contributed by atoms with van der Waals surface area (Å²) in [6.07, 6.45) is 4.98. The number of amides is 1. The Kier molecular flexibility index (Phi) is 4.72. The highest BCUT2D eigenvalue weighted by Gasteiger charge is 2.11. The van der Waals surface area contributed by atoms with E-state index in [0.29, 0.717) is 11.3 Å². The zero-order valence-corrected chi connectivity index (χ0v) is 15.7. The smallest absolute Gasteiger partial charge is 0.257 e. The zero-order chi connectivity index (χ0) is 19.5. The molecule has 4 aromatic rings. The molecular weight excluding hydrogens is 348 g/mol. The van der Waals surface area contributed by atoms with Crippen LogP contribution >= 0.6 is 0 Å². The number of carbonyl (C=O) groups is 1. The number of anilines is 3. The van der Waals surface area contributed by atoms with Gasteiger partial charge in [0.1, 0.15) is 0 Å². The molecule has 138 valence electrons. The van der Waals surface area contributed by atoms with Crippen LogP contribution in [0.15, 0.2) is 73.2 Å². The molecule has 0 aliphatic rings. The first-order valence-corrected chi connectivity index (χ1v) is 9.04. The minimum atomic E-state index is -0.227. The van der Waals surface area contributed by atoms with E-state index in [1.165, 1.54) is 5.56 Å². The third kappa shape index (κ3) is 3.69. The second-order valence-corrected chi connectivity index (χ2v) is 6.74. The number of nitrogens with zero attached hydrogens (tertiary/aromatic N) is 2. The maximum absolute atomic E-state index is 12.8. The van der Waals surface area contributed by atoms with Crippen molar-refractivity contribution in [3.8, 4) is 0 Å². The Labute approximate surface area is 163 Å². The fraction of sp³-hybridized carbons (Fsp3) is 0.0870. The summed E-state index contributed by atoms with van der Waals surface area (Å²) in [7, 11) is 0. The van der Waals surface area contributed by atoms with Crippen LogP contribution in [0.1, 0.15) is 21.5 Å². The number of hydrogen-bond donors (Lipinski definition) is 2. The van der Waals surface area contributed by atoms with Gasteiger partial charge in [0.15, 0.2) is 0 Å². The lowest BCUT2D eigenvalue weighted by Crippen LogP contribution is -2.13. The van der Waals surface area contributed by atoms with Crippen molar-refractivity contribution in [2.45, 2.75) is 13.8 Å². The second kappa shape index (κ2) is 7.48. The van der Waals surface area contributed by atoms with Gasteiger partial charge in [-0.15, -0.1) is 0 Å². The molecule has 4 rings (SSSR count). The highest BCUT2D eigenvalue weighted by molar-refractivity contribution is 6.08. The fourth-order valence-corrected chi connectivity index (χ4v) is 3.06. The lowest BCUT2D eigenvalue weighted by molar-refractivity contribution is 0.102. The van der Waals surface area contributed by atoms with Crippen LogP contribution in [-0.2, 0) is 0 Å². The van der Waals surface area contributed by atoms with Gasteiger partial charge in [0.25, 0.3) is 5.91 Å². The Bertz CT molecular complexity index is 1160. The van der Waals surface area contributed by atoms with Crippen LogP contribution < -0.4 is 10.6 Å². The number of carbonyl (C=O) groups excluding carboxylic acids is 1. The minimum Gasteiger partial charge on any atom is -0.354 e. The molecule has 5 heteroatoms. The summed E-state index contributed by atoms with van der Waals surface area (Å²) in [5, 5.41) is 7.27. The zero-order valence-electron chi connectivity index (χ0n) is 15.7. The molecule has 0 spiro atoms. The van der Waals surface area contributed by atoms with Crippen LogP contribution in [0, 0.1) is 13.8 Å².